The minimum absolute atomic E-state index is 0.261. The molecule has 1 fully saturated rings. The Labute approximate surface area is 95.6 Å². The molecule has 0 radical (unpaired) electrons. The van der Waals surface area contributed by atoms with Crippen molar-refractivity contribution in [1.29, 1.82) is 0 Å². The van der Waals surface area contributed by atoms with Crippen molar-refractivity contribution in [2.24, 2.45) is 5.92 Å². The molecule has 1 aliphatic carbocycles. The number of Topliss-reactive ketones (excluding diaryl/α,β-unsaturated/α-hetero) is 1. The molecule has 2 aliphatic rings. The fourth-order valence-electron chi connectivity index (χ4n) is 2.47. The Hall–Kier alpha value is -1.31. The zero-order chi connectivity index (χ0) is 11.0. The van der Waals surface area contributed by atoms with E-state index in [0.29, 0.717) is 5.78 Å². The summed E-state index contributed by atoms with van der Waals surface area (Å²) >= 11 is 0. The molecule has 1 aliphatic heterocycles. The number of carbonyl (C=O) groups is 1. The van der Waals surface area contributed by atoms with Gasteiger partial charge in [0.25, 0.3) is 0 Å². The third-order valence-corrected chi connectivity index (χ3v) is 3.67. The average molecular weight is 216 g/mol. The monoisotopic (exact) mass is 216 g/mol. The lowest BCUT2D eigenvalue weighted by molar-refractivity contribution is 0.0850. The Bertz CT molecular complexity index is 419. The number of ketones is 1. The van der Waals surface area contributed by atoms with Gasteiger partial charge in [-0.1, -0.05) is 18.6 Å². The summed E-state index contributed by atoms with van der Waals surface area (Å²) < 4.78 is 5.67. The largest absolute Gasteiger partial charge is 0.493 e. The molecule has 0 bridgehead atoms. The van der Waals surface area contributed by atoms with Crippen molar-refractivity contribution in [3.63, 3.8) is 0 Å². The van der Waals surface area contributed by atoms with Crippen LogP contribution in [0.5, 0.6) is 5.75 Å². The minimum atomic E-state index is 0.261. The Balaban J connectivity index is 1.96. The van der Waals surface area contributed by atoms with Crippen LogP contribution in [0.3, 0.4) is 0 Å². The summed E-state index contributed by atoms with van der Waals surface area (Å²) in [6, 6.07) is 5.98. The maximum atomic E-state index is 12.2. The lowest BCUT2D eigenvalue weighted by atomic mass is 9.79. The smallest absolute Gasteiger partial charge is 0.169 e. The maximum absolute atomic E-state index is 12.2. The number of benzene rings is 1. The Morgan fingerprint density at radius 3 is 2.88 bits per heavy atom. The van der Waals surface area contributed by atoms with E-state index in [1.165, 1.54) is 12.0 Å². The molecule has 0 N–H and O–H groups in total. The summed E-state index contributed by atoms with van der Waals surface area (Å²) in [4.78, 5) is 12.2. The fraction of sp³-hybridized carbons (Fsp3) is 0.500. The van der Waals surface area contributed by atoms with Crippen LogP contribution in [-0.4, -0.2) is 12.4 Å². The van der Waals surface area contributed by atoms with E-state index in [1.807, 2.05) is 12.1 Å². The molecule has 0 spiro atoms. The Morgan fingerprint density at radius 2 is 2.12 bits per heavy atom. The molecule has 84 valence electrons. The van der Waals surface area contributed by atoms with Crippen LogP contribution in [0.1, 0.15) is 41.6 Å². The van der Waals surface area contributed by atoms with Crippen molar-refractivity contribution in [2.45, 2.75) is 32.1 Å². The molecule has 2 heteroatoms. The third-order valence-electron chi connectivity index (χ3n) is 3.67. The van der Waals surface area contributed by atoms with E-state index in [9.17, 15) is 4.79 Å². The number of rotatable bonds is 2. The van der Waals surface area contributed by atoms with Crippen LogP contribution in [0, 0.1) is 5.92 Å². The van der Waals surface area contributed by atoms with Crippen molar-refractivity contribution < 1.29 is 9.53 Å². The van der Waals surface area contributed by atoms with Gasteiger partial charge in [0.15, 0.2) is 5.78 Å². The van der Waals surface area contributed by atoms with E-state index in [1.54, 1.807) is 0 Å². The molecule has 0 unspecified atom stereocenters. The minimum Gasteiger partial charge on any atom is -0.493 e. The number of aryl methyl sites for hydroxylation is 1. The summed E-state index contributed by atoms with van der Waals surface area (Å²) in [7, 11) is 0. The predicted molar refractivity (Wildman–Crippen MR) is 61.9 cm³/mol. The van der Waals surface area contributed by atoms with Gasteiger partial charge in [0.2, 0.25) is 0 Å². The quantitative estimate of drug-likeness (QED) is 0.710. The van der Waals surface area contributed by atoms with Crippen LogP contribution in [0.15, 0.2) is 18.2 Å². The second-order valence-corrected chi connectivity index (χ2v) is 4.74. The van der Waals surface area contributed by atoms with Crippen LogP contribution in [0.4, 0.5) is 0 Å². The molecule has 1 heterocycles. The molecule has 1 saturated carbocycles. The standard InChI is InChI=1S/C14H16O2/c15-13(10-4-1-5-10)12-8-2-6-11-7-3-9-16-14(11)12/h2,6,8,10H,1,3-5,7,9H2. The van der Waals surface area contributed by atoms with Gasteiger partial charge in [-0.25, -0.2) is 0 Å². The van der Waals surface area contributed by atoms with Gasteiger partial charge < -0.3 is 4.74 Å². The van der Waals surface area contributed by atoms with Gasteiger partial charge in [-0.3, -0.25) is 4.79 Å². The Kier molecular flexibility index (Phi) is 2.43. The predicted octanol–water partition coefficient (Wildman–Crippen LogP) is 2.99. The highest BCUT2D eigenvalue weighted by Gasteiger charge is 2.29. The number of para-hydroxylation sites is 1. The number of ether oxygens (including phenoxy) is 1. The Morgan fingerprint density at radius 1 is 1.25 bits per heavy atom. The highest BCUT2D eigenvalue weighted by molar-refractivity contribution is 6.01. The molecule has 0 aromatic heterocycles. The van der Waals surface area contributed by atoms with Gasteiger partial charge in [-0.2, -0.15) is 0 Å². The lowest BCUT2D eigenvalue weighted by Gasteiger charge is -2.26. The first-order valence-electron chi connectivity index (χ1n) is 6.15. The molecule has 1 aromatic carbocycles. The van der Waals surface area contributed by atoms with Crippen molar-refractivity contribution in [3.05, 3.63) is 29.3 Å². The molecule has 1 aromatic rings. The molecule has 0 amide bonds. The normalized spacial score (nSPS) is 19.5. The van der Waals surface area contributed by atoms with E-state index in [4.69, 9.17) is 4.74 Å². The molecule has 3 rings (SSSR count). The van der Waals surface area contributed by atoms with Crippen molar-refractivity contribution in [3.8, 4) is 5.75 Å². The van der Waals surface area contributed by atoms with Crippen LogP contribution >= 0.6 is 0 Å². The summed E-state index contributed by atoms with van der Waals surface area (Å²) in [5.74, 6) is 1.42. The van der Waals surface area contributed by atoms with Gasteiger partial charge in [0.1, 0.15) is 5.75 Å². The molecular formula is C14H16O2. The second-order valence-electron chi connectivity index (χ2n) is 4.74. The molecule has 0 saturated heterocycles. The zero-order valence-electron chi connectivity index (χ0n) is 9.37. The molecule has 0 atom stereocenters. The van der Waals surface area contributed by atoms with Crippen molar-refractivity contribution in [1.82, 2.24) is 0 Å². The van der Waals surface area contributed by atoms with Crippen LogP contribution < -0.4 is 4.74 Å². The van der Waals surface area contributed by atoms with E-state index < -0.39 is 0 Å². The highest BCUT2D eigenvalue weighted by atomic mass is 16.5. The van der Waals surface area contributed by atoms with Crippen molar-refractivity contribution in [2.75, 3.05) is 6.61 Å². The van der Waals surface area contributed by atoms with Crippen LogP contribution in [0.2, 0.25) is 0 Å². The number of hydrogen-bond donors (Lipinski definition) is 0. The SMILES string of the molecule is O=C(c1cccc2c1OCCC2)C1CCC1. The van der Waals surface area contributed by atoms with Gasteiger partial charge >= 0.3 is 0 Å². The fourth-order valence-corrected chi connectivity index (χ4v) is 2.47. The third kappa shape index (κ3) is 1.53. The second kappa shape index (κ2) is 3.93. The number of fused-ring (bicyclic) bond motifs is 1. The first-order valence-corrected chi connectivity index (χ1v) is 6.15. The summed E-state index contributed by atoms with van der Waals surface area (Å²) in [6.45, 7) is 0.752. The van der Waals surface area contributed by atoms with Gasteiger partial charge in [-0.15, -0.1) is 0 Å². The van der Waals surface area contributed by atoms with E-state index in [-0.39, 0.29) is 5.92 Å². The first kappa shape index (κ1) is 9.88. The van der Waals surface area contributed by atoms with Crippen LogP contribution in [-0.2, 0) is 6.42 Å². The topological polar surface area (TPSA) is 26.3 Å². The molecule has 2 nitrogen and oxygen atoms in total. The maximum Gasteiger partial charge on any atom is 0.169 e. The molecular weight excluding hydrogens is 200 g/mol. The van der Waals surface area contributed by atoms with E-state index in [2.05, 4.69) is 6.07 Å². The molecule has 16 heavy (non-hydrogen) atoms. The number of hydrogen-bond acceptors (Lipinski definition) is 2. The lowest BCUT2D eigenvalue weighted by Crippen LogP contribution is -2.23. The van der Waals surface area contributed by atoms with Crippen LogP contribution in [0.25, 0.3) is 0 Å². The van der Waals surface area contributed by atoms with E-state index >= 15 is 0 Å². The van der Waals surface area contributed by atoms with Gasteiger partial charge in [0.05, 0.1) is 12.2 Å². The van der Waals surface area contributed by atoms with Crippen molar-refractivity contribution >= 4 is 5.78 Å². The average Bonchev–Trinajstić information content (AvgIpc) is 2.26. The zero-order valence-corrected chi connectivity index (χ0v) is 9.37. The van der Waals surface area contributed by atoms with Gasteiger partial charge in [-0.05, 0) is 37.3 Å². The van der Waals surface area contributed by atoms with E-state index in [0.717, 1.165) is 43.6 Å². The summed E-state index contributed by atoms with van der Waals surface area (Å²) in [5.41, 5.74) is 2.03. The summed E-state index contributed by atoms with van der Waals surface area (Å²) in [5, 5.41) is 0. The first-order chi connectivity index (χ1) is 7.86. The highest BCUT2D eigenvalue weighted by Crippen LogP contribution is 2.35. The number of carbonyl (C=O) groups excluding carboxylic acids is 1. The summed E-state index contributed by atoms with van der Waals surface area (Å²) in [6.07, 6.45) is 5.42. The van der Waals surface area contributed by atoms with Gasteiger partial charge in [0, 0.05) is 5.92 Å².